The van der Waals surface area contributed by atoms with Gasteiger partial charge in [-0.3, -0.25) is 9.45 Å². The molecule has 2 N–H and O–H groups in total. The van der Waals surface area contributed by atoms with E-state index in [1.165, 1.54) is 43.8 Å². The molecular formula is C20H26N2O3S. The van der Waals surface area contributed by atoms with Crippen LogP contribution in [0.4, 0.5) is 0 Å². The van der Waals surface area contributed by atoms with Crippen molar-refractivity contribution < 1.29 is 13.0 Å². The van der Waals surface area contributed by atoms with E-state index in [0.29, 0.717) is 0 Å². The Bertz CT molecular complexity index is 807. The molecule has 2 aromatic rings. The largest absolute Gasteiger partial charge is 0.315 e. The summed E-state index contributed by atoms with van der Waals surface area (Å²) in [5.41, 5.74) is 2.40. The first-order valence-corrected chi connectivity index (χ1v) is 10.4. The minimum absolute atomic E-state index is 0.0666. The van der Waals surface area contributed by atoms with Crippen LogP contribution in [-0.2, 0) is 16.7 Å². The van der Waals surface area contributed by atoms with E-state index in [1.807, 2.05) is 6.92 Å². The zero-order chi connectivity index (χ0) is 18.6. The maximum atomic E-state index is 10.5. The van der Waals surface area contributed by atoms with Crippen molar-refractivity contribution in [3.05, 3.63) is 65.7 Å². The van der Waals surface area contributed by atoms with Gasteiger partial charge in [0.25, 0.3) is 10.1 Å². The fourth-order valence-corrected chi connectivity index (χ4v) is 4.03. The van der Waals surface area contributed by atoms with Crippen molar-refractivity contribution in [3.63, 3.8) is 0 Å². The molecule has 0 aliphatic carbocycles. The second-order valence-electron chi connectivity index (χ2n) is 7.02. The molecule has 2 saturated heterocycles. The van der Waals surface area contributed by atoms with Crippen molar-refractivity contribution >= 4 is 10.1 Å². The van der Waals surface area contributed by atoms with Gasteiger partial charge in [-0.1, -0.05) is 48.0 Å². The third-order valence-corrected chi connectivity index (χ3v) is 5.94. The van der Waals surface area contributed by atoms with Crippen molar-refractivity contribution in [1.82, 2.24) is 10.2 Å². The summed E-state index contributed by atoms with van der Waals surface area (Å²) in [5.74, 6) is 0.968. The standard InChI is InChI=1S/C13H18N2.C7H8O3S/c1-2-4-11(5-3-1)9-15-10-12-6-7-14-8-13(12)15;1-6-2-4-7(5-3-6)11(8,9)10/h1-5,12-14H,6-10H2;2-5H,1H3,(H,8,9,10). The zero-order valence-electron chi connectivity index (χ0n) is 15.0. The predicted octanol–water partition coefficient (Wildman–Crippen LogP) is 2.72. The average molecular weight is 375 g/mol. The number of hydrogen-bond acceptors (Lipinski definition) is 4. The first-order chi connectivity index (χ1) is 12.4. The highest BCUT2D eigenvalue weighted by atomic mass is 32.2. The fourth-order valence-electron chi connectivity index (χ4n) is 3.55. The molecular weight excluding hydrogens is 348 g/mol. The molecule has 2 heterocycles. The molecule has 6 heteroatoms. The molecule has 140 valence electrons. The second kappa shape index (κ2) is 8.31. The molecule has 0 spiro atoms. The fraction of sp³-hybridized carbons (Fsp3) is 0.400. The first kappa shape index (κ1) is 19.0. The third-order valence-electron chi connectivity index (χ3n) is 5.07. The number of hydrogen-bond donors (Lipinski definition) is 2. The molecule has 0 saturated carbocycles. The minimum atomic E-state index is -4.02. The zero-order valence-corrected chi connectivity index (χ0v) is 15.8. The highest BCUT2D eigenvalue weighted by molar-refractivity contribution is 7.85. The Labute approximate surface area is 155 Å². The van der Waals surface area contributed by atoms with Gasteiger partial charge in [0.1, 0.15) is 0 Å². The van der Waals surface area contributed by atoms with Crippen LogP contribution < -0.4 is 5.32 Å². The molecule has 4 rings (SSSR count). The van der Waals surface area contributed by atoms with E-state index in [1.54, 1.807) is 12.1 Å². The quantitative estimate of drug-likeness (QED) is 0.809. The third kappa shape index (κ3) is 4.92. The van der Waals surface area contributed by atoms with Gasteiger partial charge in [-0.2, -0.15) is 8.42 Å². The van der Waals surface area contributed by atoms with Crippen LogP contribution >= 0.6 is 0 Å². The van der Waals surface area contributed by atoms with Gasteiger partial charge in [-0.05, 0) is 43.5 Å². The summed E-state index contributed by atoms with van der Waals surface area (Å²) >= 11 is 0. The molecule has 2 aromatic carbocycles. The highest BCUT2D eigenvalue weighted by Crippen LogP contribution is 2.30. The molecule has 0 bridgehead atoms. The van der Waals surface area contributed by atoms with E-state index in [2.05, 4.69) is 40.5 Å². The maximum Gasteiger partial charge on any atom is 0.294 e. The van der Waals surface area contributed by atoms with Gasteiger partial charge in [-0.15, -0.1) is 0 Å². The van der Waals surface area contributed by atoms with Crippen LogP contribution in [0.25, 0.3) is 0 Å². The Morgan fingerprint density at radius 2 is 1.81 bits per heavy atom. The van der Waals surface area contributed by atoms with Crippen molar-refractivity contribution in [2.75, 3.05) is 19.6 Å². The number of fused-ring (bicyclic) bond motifs is 1. The Kier molecular flexibility index (Phi) is 6.09. The molecule has 2 fully saturated rings. The van der Waals surface area contributed by atoms with Crippen LogP contribution in [0.5, 0.6) is 0 Å². The molecule has 26 heavy (non-hydrogen) atoms. The molecule has 2 aliphatic rings. The lowest BCUT2D eigenvalue weighted by Crippen LogP contribution is -2.62. The molecule has 0 amide bonds. The van der Waals surface area contributed by atoms with E-state index in [9.17, 15) is 8.42 Å². The van der Waals surface area contributed by atoms with Gasteiger partial charge in [0.2, 0.25) is 0 Å². The van der Waals surface area contributed by atoms with Gasteiger partial charge in [0.15, 0.2) is 0 Å². The summed E-state index contributed by atoms with van der Waals surface area (Å²) in [7, 11) is -4.02. The van der Waals surface area contributed by atoms with Crippen LogP contribution in [0.15, 0.2) is 59.5 Å². The number of rotatable bonds is 3. The number of benzene rings is 2. The van der Waals surface area contributed by atoms with Gasteiger partial charge in [-0.25, -0.2) is 0 Å². The average Bonchev–Trinajstić information content (AvgIpc) is 2.61. The molecule has 2 unspecified atom stereocenters. The highest BCUT2D eigenvalue weighted by Gasteiger charge is 2.39. The Morgan fingerprint density at radius 1 is 1.12 bits per heavy atom. The molecule has 2 aliphatic heterocycles. The van der Waals surface area contributed by atoms with Gasteiger partial charge in [0.05, 0.1) is 4.90 Å². The van der Waals surface area contributed by atoms with Crippen molar-refractivity contribution in [2.24, 2.45) is 5.92 Å². The minimum Gasteiger partial charge on any atom is -0.315 e. The second-order valence-corrected chi connectivity index (χ2v) is 8.44. The van der Waals surface area contributed by atoms with Crippen LogP contribution in [0.2, 0.25) is 0 Å². The van der Waals surface area contributed by atoms with Gasteiger partial charge >= 0.3 is 0 Å². The lowest BCUT2D eigenvalue weighted by atomic mass is 9.83. The first-order valence-electron chi connectivity index (χ1n) is 8.96. The molecule has 2 atom stereocenters. The monoisotopic (exact) mass is 374 g/mol. The smallest absolute Gasteiger partial charge is 0.294 e. The van der Waals surface area contributed by atoms with E-state index < -0.39 is 10.1 Å². The summed E-state index contributed by atoms with van der Waals surface area (Å²) in [5, 5.41) is 3.49. The number of nitrogens with one attached hydrogen (secondary N) is 1. The van der Waals surface area contributed by atoms with Crippen molar-refractivity contribution in [3.8, 4) is 0 Å². The summed E-state index contributed by atoms with van der Waals surface area (Å²) in [4.78, 5) is 2.54. The maximum absolute atomic E-state index is 10.5. The summed E-state index contributed by atoms with van der Waals surface area (Å²) in [6, 6.07) is 17.6. The van der Waals surface area contributed by atoms with Gasteiger partial charge in [0, 0.05) is 25.7 Å². The van der Waals surface area contributed by atoms with Gasteiger partial charge < -0.3 is 5.32 Å². The Hall–Kier alpha value is -1.73. The van der Waals surface area contributed by atoms with Crippen LogP contribution in [0.3, 0.4) is 0 Å². The van der Waals surface area contributed by atoms with E-state index in [0.717, 1.165) is 24.1 Å². The van der Waals surface area contributed by atoms with Crippen LogP contribution in [-0.4, -0.2) is 43.5 Å². The van der Waals surface area contributed by atoms with Crippen molar-refractivity contribution in [2.45, 2.75) is 30.8 Å². The van der Waals surface area contributed by atoms with Crippen LogP contribution in [0, 0.1) is 12.8 Å². The van der Waals surface area contributed by atoms with E-state index in [4.69, 9.17) is 4.55 Å². The Balaban J connectivity index is 0.000000160. The molecule has 0 radical (unpaired) electrons. The molecule has 5 nitrogen and oxygen atoms in total. The number of nitrogens with zero attached hydrogens (tertiary/aromatic N) is 1. The van der Waals surface area contributed by atoms with Crippen LogP contribution in [0.1, 0.15) is 17.5 Å². The number of piperidine rings is 1. The summed E-state index contributed by atoms with van der Waals surface area (Å²) < 4.78 is 29.6. The normalized spacial score (nSPS) is 22.5. The van der Waals surface area contributed by atoms with E-state index >= 15 is 0 Å². The molecule has 0 aromatic heterocycles. The SMILES string of the molecule is Cc1ccc(S(=O)(=O)O)cc1.c1ccc(CN2CC3CCNCC32)cc1. The lowest BCUT2D eigenvalue weighted by molar-refractivity contribution is -0.0114. The summed E-state index contributed by atoms with van der Waals surface area (Å²) in [6.45, 7) is 6.69. The Morgan fingerprint density at radius 3 is 2.42 bits per heavy atom. The topological polar surface area (TPSA) is 69.6 Å². The number of likely N-dealkylation sites (tertiary alicyclic amines) is 1. The predicted molar refractivity (Wildman–Crippen MR) is 103 cm³/mol. The number of aryl methyl sites for hydroxylation is 1. The summed E-state index contributed by atoms with van der Waals surface area (Å²) in [6.07, 6.45) is 1.37. The van der Waals surface area contributed by atoms with E-state index in [-0.39, 0.29) is 4.90 Å². The van der Waals surface area contributed by atoms with Crippen molar-refractivity contribution in [1.29, 1.82) is 0 Å². The lowest BCUT2D eigenvalue weighted by Gasteiger charge is -2.51.